The Hall–Kier alpha value is -0.160. The number of unbranched alkanes of at least 4 members (excludes halogenated alkanes) is 2. The molecule has 0 aromatic carbocycles. The third-order valence-electron chi connectivity index (χ3n) is 3.50. The highest BCUT2D eigenvalue weighted by Gasteiger charge is 2.03. The van der Waals surface area contributed by atoms with E-state index in [1.807, 2.05) is 0 Å². The van der Waals surface area contributed by atoms with Gasteiger partial charge in [-0.05, 0) is 18.1 Å². The van der Waals surface area contributed by atoms with Crippen molar-refractivity contribution >= 4 is 35.8 Å². The molecule has 0 spiro atoms. The van der Waals surface area contributed by atoms with Gasteiger partial charge in [0.2, 0.25) is 0 Å². The van der Waals surface area contributed by atoms with E-state index in [0.717, 1.165) is 48.1 Å². The summed E-state index contributed by atoms with van der Waals surface area (Å²) in [5, 5.41) is 0. The lowest BCUT2D eigenvalue weighted by atomic mass is 10.0. The normalized spacial score (nSPS) is 12.1. The molecule has 0 aromatic heterocycles. The Morgan fingerprint density at radius 2 is 1.82 bits per heavy atom. The highest BCUT2D eigenvalue weighted by Crippen LogP contribution is 2.12. The van der Waals surface area contributed by atoms with Gasteiger partial charge in [0, 0.05) is 23.7 Å². The molecule has 1 atom stereocenters. The quantitative estimate of drug-likeness (QED) is 0.232. The van der Waals surface area contributed by atoms with Gasteiger partial charge >= 0.3 is 5.97 Å². The highest BCUT2D eigenvalue weighted by atomic mass is 32.2. The van der Waals surface area contributed by atoms with Crippen LogP contribution in [0.1, 0.15) is 58.8 Å². The third kappa shape index (κ3) is 16.2. The first-order valence-corrected chi connectivity index (χ1v) is 10.8. The summed E-state index contributed by atoms with van der Waals surface area (Å²) in [5.41, 5.74) is 0. The zero-order chi connectivity index (χ0) is 16.5. The first-order chi connectivity index (χ1) is 10.7. The maximum atomic E-state index is 11.5. The summed E-state index contributed by atoms with van der Waals surface area (Å²) in [5.74, 6) is 4.57. The molecule has 0 aliphatic carbocycles. The molecule has 0 heterocycles. The largest absolute Gasteiger partial charge is 0.466 e. The minimum absolute atomic E-state index is 0.0666. The number of carbonyl (C=O) groups excluding carboxylic acids is 2. The van der Waals surface area contributed by atoms with Crippen molar-refractivity contribution in [1.82, 2.24) is 0 Å². The first kappa shape index (κ1) is 21.8. The van der Waals surface area contributed by atoms with E-state index >= 15 is 0 Å². The Morgan fingerprint density at radius 1 is 1.09 bits per heavy atom. The van der Waals surface area contributed by atoms with Gasteiger partial charge in [0.1, 0.15) is 6.29 Å². The molecule has 3 nitrogen and oxygen atoms in total. The van der Waals surface area contributed by atoms with Crippen molar-refractivity contribution in [2.45, 2.75) is 58.8 Å². The second-order valence-electron chi connectivity index (χ2n) is 5.51. The number of esters is 1. The van der Waals surface area contributed by atoms with Crippen molar-refractivity contribution in [2.24, 2.45) is 5.92 Å². The minimum atomic E-state index is -0.0666. The van der Waals surface area contributed by atoms with E-state index in [1.165, 1.54) is 19.3 Å². The molecule has 0 rings (SSSR count). The van der Waals surface area contributed by atoms with Crippen LogP contribution in [0, 0.1) is 5.92 Å². The molecule has 0 aliphatic rings. The van der Waals surface area contributed by atoms with E-state index in [9.17, 15) is 9.59 Å². The average Bonchev–Trinajstić information content (AvgIpc) is 2.52. The zero-order valence-electron chi connectivity index (χ0n) is 14.2. The Labute approximate surface area is 144 Å². The van der Waals surface area contributed by atoms with E-state index in [1.54, 1.807) is 23.5 Å². The van der Waals surface area contributed by atoms with Crippen molar-refractivity contribution in [3.05, 3.63) is 0 Å². The van der Waals surface area contributed by atoms with Crippen LogP contribution in [0.2, 0.25) is 0 Å². The maximum absolute atomic E-state index is 11.5. The first-order valence-electron chi connectivity index (χ1n) is 8.45. The number of carbonyl (C=O) groups is 2. The van der Waals surface area contributed by atoms with Crippen molar-refractivity contribution in [1.29, 1.82) is 0 Å². The molecule has 0 saturated heterocycles. The van der Waals surface area contributed by atoms with Crippen LogP contribution in [-0.4, -0.2) is 41.9 Å². The van der Waals surface area contributed by atoms with E-state index in [4.69, 9.17) is 4.74 Å². The van der Waals surface area contributed by atoms with Crippen molar-refractivity contribution in [3.8, 4) is 0 Å². The van der Waals surface area contributed by atoms with Gasteiger partial charge < -0.3 is 9.53 Å². The standard InChI is InChI=1S/C17H32O3S2/c1-3-16(2)8-5-4-6-11-20-17(19)9-13-22-15-14-21-12-7-10-18/h10,16H,3-9,11-15H2,1-2H3. The van der Waals surface area contributed by atoms with Gasteiger partial charge in [-0.15, -0.1) is 0 Å². The molecule has 0 aromatic rings. The summed E-state index contributed by atoms with van der Waals surface area (Å²) in [6.07, 6.45) is 8.03. The van der Waals surface area contributed by atoms with Crippen LogP contribution in [0.15, 0.2) is 0 Å². The lowest BCUT2D eigenvalue weighted by Gasteiger charge is -2.08. The van der Waals surface area contributed by atoms with Crippen molar-refractivity contribution < 1.29 is 14.3 Å². The Morgan fingerprint density at radius 3 is 2.50 bits per heavy atom. The topological polar surface area (TPSA) is 43.4 Å². The van der Waals surface area contributed by atoms with Crippen LogP contribution in [0.3, 0.4) is 0 Å². The van der Waals surface area contributed by atoms with E-state index in [2.05, 4.69) is 13.8 Å². The molecule has 22 heavy (non-hydrogen) atoms. The fraction of sp³-hybridized carbons (Fsp3) is 0.882. The number of rotatable bonds is 16. The van der Waals surface area contributed by atoms with Crippen molar-refractivity contribution in [2.75, 3.05) is 29.6 Å². The number of aldehydes is 1. The minimum Gasteiger partial charge on any atom is -0.466 e. The number of ether oxygens (including phenoxy) is 1. The number of hydrogen-bond acceptors (Lipinski definition) is 5. The summed E-state index contributed by atoms with van der Waals surface area (Å²) in [7, 11) is 0. The Kier molecular flexibility index (Phi) is 17.1. The molecule has 0 aliphatic heterocycles. The second kappa shape index (κ2) is 17.2. The number of hydrogen-bond donors (Lipinski definition) is 0. The van der Waals surface area contributed by atoms with Crippen molar-refractivity contribution in [3.63, 3.8) is 0 Å². The fourth-order valence-corrected chi connectivity index (χ4v) is 3.77. The zero-order valence-corrected chi connectivity index (χ0v) is 15.8. The molecule has 130 valence electrons. The van der Waals surface area contributed by atoms with Gasteiger partial charge in [-0.25, -0.2) is 0 Å². The van der Waals surface area contributed by atoms with Gasteiger partial charge in [0.25, 0.3) is 0 Å². The van der Waals surface area contributed by atoms with Crippen LogP contribution in [-0.2, 0) is 14.3 Å². The van der Waals surface area contributed by atoms with Gasteiger partial charge in [-0.1, -0.05) is 39.5 Å². The number of thioether (sulfide) groups is 2. The molecular weight excluding hydrogens is 316 g/mol. The predicted octanol–water partition coefficient (Wildman–Crippen LogP) is 4.58. The second-order valence-corrected chi connectivity index (χ2v) is 7.96. The Balaban J connectivity index is 3.21. The van der Waals surface area contributed by atoms with Crippen LogP contribution < -0.4 is 0 Å². The predicted molar refractivity (Wildman–Crippen MR) is 98.8 cm³/mol. The van der Waals surface area contributed by atoms with Crippen LogP contribution >= 0.6 is 23.5 Å². The monoisotopic (exact) mass is 348 g/mol. The third-order valence-corrected chi connectivity index (χ3v) is 5.76. The fourth-order valence-electron chi connectivity index (χ4n) is 1.84. The maximum Gasteiger partial charge on any atom is 0.306 e. The lowest BCUT2D eigenvalue weighted by molar-refractivity contribution is -0.143. The lowest BCUT2D eigenvalue weighted by Crippen LogP contribution is -2.07. The smallest absolute Gasteiger partial charge is 0.306 e. The van der Waals surface area contributed by atoms with E-state index in [-0.39, 0.29) is 5.97 Å². The summed E-state index contributed by atoms with van der Waals surface area (Å²) in [6.45, 7) is 5.10. The molecular formula is C17H32O3S2. The summed E-state index contributed by atoms with van der Waals surface area (Å²) >= 11 is 3.58. The SMILES string of the molecule is CCC(C)CCCCCOC(=O)CCSCCSCCC=O. The van der Waals surface area contributed by atoms with Gasteiger partial charge in [0.05, 0.1) is 13.0 Å². The van der Waals surface area contributed by atoms with Crippen LogP contribution in [0.4, 0.5) is 0 Å². The molecule has 1 unspecified atom stereocenters. The molecule has 5 heteroatoms. The van der Waals surface area contributed by atoms with Gasteiger partial charge in [0.15, 0.2) is 0 Å². The average molecular weight is 349 g/mol. The molecule has 0 radical (unpaired) electrons. The summed E-state index contributed by atoms with van der Waals surface area (Å²) in [6, 6.07) is 0. The molecule has 0 bridgehead atoms. The Bertz CT molecular complexity index is 273. The van der Waals surface area contributed by atoms with E-state index < -0.39 is 0 Å². The van der Waals surface area contributed by atoms with Crippen LogP contribution in [0.5, 0.6) is 0 Å². The van der Waals surface area contributed by atoms with Crippen LogP contribution in [0.25, 0.3) is 0 Å². The van der Waals surface area contributed by atoms with Gasteiger partial charge in [-0.3, -0.25) is 4.79 Å². The highest BCUT2D eigenvalue weighted by molar-refractivity contribution is 8.02. The summed E-state index contributed by atoms with van der Waals surface area (Å²) < 4.78 is 5.24. The molecule has 0 amide bonds. The van der Waals surface area contributed by atoms with Gasteiger partial charge in [-0.2, -0.15) is 23.5 Å². The molecule has 0 N–H and O–H groups in total. The van der Waals surface area contributed by atoms with E-state index in [0.29, 0.717) is 19.4 Å². The molecule has 0 fully saturated rings. The molecule has 0 saturated carbocycles. The summed E-state index contributed by atoms with van der Waals surface area (Å²) in [4.78, 5) is 21.7.